The first-order valence-corrected chi connectivity index (χ1v) is 10.5. The molecule has 4 rings (SSSR count). The first kappa shape index (κ1) is 19.8. The number of carbonyl (C=O) groups excluding carboxylic acids is 2. The average molecular weight is 413 g/mol. The maximum Gasteiger partial charge on any atom is 0.263 e. The number of ether oxygens (including phenoxy) is 1. The van der Waals surface area contributed by atoms with Gasteiger partial charge >= 0.3 is 0 Å². The monoisotopic (exact) mass is 412 g/mol. The highest BCUT2D eigenvalue weighted by molar-refractivity contribution is 6.32. The minimum atomic E-state index is -0.626. The van der Waals surface area contributed by atoms with E-state index in [0.717, 1.165) is 31.2 Å². The Bertz CT molecular complexity index is 891. The van der Waals surface area contributed by atoms with E-state index in [-0.39, 0.29) is 17.9 Å². The Kier molecular flexibility index (Phi) is 5.76. The molecule has 0 spiro atoms. The number of halogens is 1. The molecular formula is C23H25ClN2O3. The molecule has 0 radical (unpaired) electrons. The number of para-hydroxylation sites is 1. The third kappa shape index (κ3) is 5.10. The summed E-state index contributed by atoms with van der Waals surface area (Å²) < 4.78 is 5.82. The van der Waals surface area contributed by atoms with Crippen molar-refractivity contribution in [2.45, 2.75) is 57.3 Å². The van der Waals surface area contributed by atoms with E-state index in [0.29, 0.717) is 28.9 Å². The fourth-order valence-electron chi connectivity index (χ4n) is 3.24. The zero-order valence-electron chi connectivity index (χ0n) is 16.4. The van der Waals surface area contributed by atoms with Crippen molar-refractivity contribution in [2.24, 2.45) is 0 Å². The fourth-order valence-corrected chi connectivity index (χ4v) is 3.42. The van der Waals surface area contributed by atoms with Crippen molar-refractivity contribution in [3.63, 3.8) is 0 Å². The van der Waals surface area contributed by atoms with E-state index < -0.39 is 6.10 Å². The first-order chi connectivity index (χ1) is 14.0. The molecular weight excluding hydrogens is 388 g/mol. The number of hydrogen-bond donors (Lipinski definition) is 1. The van der Waals surface area contributed by atoms with Gasteiger partial charge in [0.25, 0.3) is 11.8 Å². The third-order valence-corrected chi connectivity index (χ3v) is 5.55. The lowest BCUT2D eigenvalue weighted by Crippen LogP contribution is -2.41. The molecule has 0 heterocycles. The number of carbonyl (C=O) groups is 2. The molecule has 2 aromatic rings. The summed E-state index contributed by atoms with van der Waals surface area (Å²) in [4.78, 5) is 27.1. The summed E-state index contributed by atoms with van der Waals surface area (Å²) in [6.45, 7) is 2.26. The molecule has 152 valence electrons. The molecule has 2 aliphatic rings. The summed E-state index contributed by atoms with van der Waals surface area (Å²) in [7, 11) is 0. The molecule has 2 fully saturated rings. The van der Waals surface area contributed by atoms with Crippen molar-refractivity contribution >= 4 is 23.4 Å². The second kappa shape index (κ2) is 8.46. The van der Waals surface area contributed by atoms with E-state index >= 15 is 0 Å². The molecule has 1 N–H and O–H groups in total. The normalized spacial score (nSPS) is 16.8. The standard InChI is InChI=1S/C23H25ClN2O3/c1-15(29-21-5-3-2-4-20(21)24)23(28)26(19-12-13-19)14-16-6-8-17(9-7-16)22(27)25-18-10-11-18/h2-9,15,18-19H,10-14H2,1H3,(H,25,27). The Hall–Kier alpha value is -2.53. The van der Waals surface area contributed by atoms with Gasteiger partial charge in [0, 0.05) is 24.2 Å². The molecule has 0 aromatic heterocycles. The first-order valence-electron chi connectivity index (χ1n) is 10.1. The Morgan fingerprint density at radius 2 is 1.79 bits per heavy atom. The van der Waals surface area contributed by atoms with Crippen molar-refractivity contribution in [3.8, 4) is 5.75 Å². The van der Waals surface area contributed by atoms with E-state index in [1.165, 1.54) is 0 Å². The lowest BCUT2D eigenvalue weighted by molar-refractivity contribution is -0.139. The number of nitrogens with one attached hydrogen (secondary N) is 1. The minimum Gasteiger partial charge on any atom is -0.479 e. The number of rotatable bonds is 8. The maximum absolute atomic E-state index is 13.0. The van der Waals surface area contributed by atoms with E-state index in [9.17, 15) is 9.59 Å². The highest BCUT2D eigenvalue weighted by Crippen LogP contribution is 2.30. The molecule has 5 nitrogen and oxygen atoms in total. The average Bonchev–Trinajstić information content (AvgIpc) is 3.62. The summed E-state index contributed by atoms with van der Waals surface area (Å²) in [6.07, 6.45) is 3.52. The molecule has 2 aromatic carbocycles. The largest absolute Gasteiger partial charge is 0.479 e. The van der Waals surface area contributed by atoms with Gasteiger partial charge in [0.2, 0.25) is 0 Å². The molecule has 1 unspecified atom stereocenters. The molecule has 0 bridgehead atoms. The molecule has 6 heteroatoms. The maximum atomic E-state index is 13.0. The number of amides is 2. The van der Waals surface area contributed by atoms with Gasteiger partial charge in [0.15, 0.2) is 6.10 Å². The van der Waals surface area contributed by atoms with Gasteiger partial charge in [-0.3, -0.25) is 9.59 Å². The predicted molar refractivity (Wildman–Crippen MR) is 112 cm³/mol. The van der Waals surface area contributed by atoms with Gasteiger partial charge in [-0.25, -0.2) is 0 Å². The van der Waals surface area contributed by atoms with E-state index in [1.54, 1.807) is 19.1 Å². The van der Waals surface area contributed by atoms with Crippen LogP contribution in [-0.4, -0.2) is 34.9 Å². The Morgan fingerprint density at radius 3 is 2.41 bits per heavy atom. The van der Waals surface area contributed by atoms with Crippen LogP contribution in [0.1, 0.15) is 48.5 Å². The number of hydrogen-bond acceptors (Lipinski definition) is 3. The molecule has 29 heavy (non-hydrogen) atoms. The van der Waals surface area contributed by atoms with Crippen LogP contribution < -0.4 is 10.1 Å². The third-order valence-electron chi connectivity index (χ3n) is 5.24. The van der Waals surface area contributed by atoms with Crippen LogP contribution in [0, 0.1) is 0 Å². The lowest BCUT2D eigenvalue weighted by Gasteiger charge is -2.26. The Morgan fingerprint density at radius 1 is 1.10 bits per heavy atom. The van der Waals surface area contributed by atoms with Gasteiger partial charge in [-0.1, -0.05) is 35.9 Å². The van der Waals surface area contributed by atoms with Gasteiger partial charge in [-0.2, -0.15) is 0 Å². The van der Waals surface area contributed by atoms with Gasteiger partial charge in [-0.15, -0.1) is 0 Å². The van der Waals surface area contributed by atoms with E-state index in [2.05, 4.69) is 5.32 Å². The highest BCUT2D eigenvalue weighted by Gasteiger charge is 2.35. The smallest absolute Gasteiger partial charge is 0.263 e. The topological polar surface area (TPSA) is 58.6 Å². The second-order valence-corrected chi connectivity index (χ2v) is 8.24. The second-order valence-electron chi connectivity index (χ2n) is 7.83. The SMILES string of the molecule is CC(Oc1ccccc1Cl)C(=O)N(Cc1ccc(C(=O)NC2CC2)cc1)C1CC1. The predicted octanol–water partition coefficient (Wildman–Crippen LogP) is 4.19. The highest BCUT2D eigenvalue weighted by atomic mass is 35.5. The summed E-state index contributed by atoms with van der Waals surface area (Å²) in [6, 6.07) is 15.2. The van der Waals surface area contributed by atoms with Crippen LogP contribution >= 0.6 is 11.6 Å². The van der Waals surface area contributed by atoms with Crippen LogP contribution in [0.25, 0.3) is 0 Å². The lowest BCUT2D eigenvalue weighted by atomic mass is 10.1. The Labute approximate surface area is 176 Å². The fraction of sp³-hybridized carbons (Fsp3) is 0.391. The van der Waals surface area contributed by atoms with E-state index in [1.807, 2.05) is 41.3 Å². The van der Waals surface area contributed by atoms with Crippen molar-refractivity contribution in [1.82, 2.24) is 10.2 Å². The molecule has 2 aliphatic carbocycles. The van der Waals surface area contributed by atoms with Crippen LogP contribution in [0.5, 0.6) is 5.75 Å². The van der Waals surface area contributed by atoms with Crippen molar-refractivity contribution in [2.75, 3.05) is 0 Å². The minimum absolute atomic E-state index is 0.0315. The zero-order chi connectivity index (χ0) is 20.4. The molecule has 0 saturated heterocycles. The van der Waals surface area contributed by atoms with Crippen LogP contribution in [0.15, 0.2) is 48.5 Å². The zero-order valence-corrected chi connectivity index (χ0v) is 17.2. The van der Waals surface area contributed by atoms with Gasteiger partial charge in [0.1, 0.15) is 5.75 Å². The molecule has 2 saturated carbocycles. The molecule has 2 amide bonds. The van der Waals surface area contributed by atoms with Crippen LogP contribution in [0.2, 0.25) is 5.02 Å². The summed E-state index contributed by atoms with van der Waals surface area (Å²) in [5.41, 5.74) is 1.65. The quantitative estimate of drug-likeness (QED) is 0.707. The Balaban J connectivity index is 1.40. The van der Waals surface area contributed by atoms with Crippen LogP contribution in [0.3, 0.4) is 0 Å². The van der Waals surface area contributed by atoms with Gasteiger partial charge in [0.05, 0.1) is 5.02 Å². The summed E-state index contributed by atoms with van der Waals surface area (Å²) in [5.74, 6) is 0.427. The number of benzene rings is 2. The molecule has 0 aliphatic heterocycles. The number of nitrogens with zero attached hydrogens (tertiary/aromatic N) is 1. The van der Waals surface area contributed by atoms with Crippen molar-refractivity contribution in [3.05, 3.63) is 64.7 Å². The van der Waals surface area contributed by atoms with Crippen LogP contribution in [0.4, 0.5) is 0 Å². The molecule has 1 atom stereocenters. The van der Waals surface area contributed by atoms with Gasteiger partial charge in [-0.05, 0) is 62.4 Å². The van der Waals surface area contributed by atoms with E-state index in [4.69, 9.17) is 16.3 Å². The summed E-state index contributed by atoms with van der Waals surface area (Å²) >= 11 is 6.15. The van der Waals surface area contributed by atoms with Gasteiger partial charge < -0.3 is 15.0 Å². The van der Waals surface area contributed by atoms with Crippen molar-refractivity contribution in [1.29, 1.82) is 0 Å². The summed E-state index contributed by atoms with van der Waals surface area (Å²) in [5, 5.41) is 3.48. The van der Waals surface area contributed by atoms with Crippen molar-refractivity contribution < 1.29 is 14.3 Å². The van der Waals surface area contributed by atoms with Crippen LogP contribution in [-0.2, 0) is 11.3 Å².